The predicted octanol–water partition coefficient (Wildman–Crippen LogP) is 0.431. The third kappa shape index (κ3) is 3.36. The molecule has 1 amide bonds. The lowest BCUT2D eigenvalue weighted by Crippen LogP contribution is -2.40. The van der Waals surface area contributed by atoms with Crippen molar-refractivity contribution >= 4 is 5.91 Å². The van der Waals surface area contributed by atoms with E-state index < -0.39 is 0 Å². The van der Waals surface area contributed by atoms with Gasteiger partial charge in [-0.25, -0.2) is 0 Å². The van der Waals surface area contributed by atoms with Crippen molar-refractivity contribution in [2.75, 3.05) is 6.54 Å². The molecule has 0 fully saturated rings. The first-order chi connectivity index (χ1) is 7.00. The number of nitrogens with one attached hydrogen (secondary N) is 2. The monoisotopic (exact) mass is 210 g/mol. The Morgan fingerprint density at radius 1 is 1.67 bits per heavy atom. The summed E-state index contributed by atoms with van der Waals surface area (Å²) in [5, 5.41) is 9.33. The normalized spacial score (nSPS) is 12.9. The van der Waals surface area contributed by atoms with Crippen LogP contribution < -0.4 is 11.1 Å². The number of hydrogen-bond donors (Lipinski definition) is 3. The van der Waals surface area contributed by atoms with Crippen LogP contribution in [-0.4, -0.2) is 28.7 Å². The van der Waals surface area contributed by atoms with Crippen molar-refractivity contribution < 1.29 is 4.79 Å². The summed E-state index contributed by atoms with van der Waals surface area (Å²) in [5.41, 5.74) is 7.08. The maximum absolute atomic E-state index is 11.5. The van der Waals surface area contributed by atoms with Gasteiger partial charge in [0.2, 0.25) is 0 Å². The van der Waals surface area contributed by atoms with Crippen LogP contribution >= 0.6 is 0 Å². The molecule has 0 aromatic carbocycles. The zero-order valence-corrected chi connectivity index (χ0v) is 9.37. The number of aromatic nitrogens is 2. The van der Waals surface area contributed by atoms with E-state index in [2.05, 4.69) is 15.5 Å². The van der Waals surface area contributed by atoms with E-state index in [0.717, 1.165) is 5.69 Å². The average Bonchev–Trinajstić information content (AvgIpc) is 2.60. The fraction of sp³-hybridized carbons (Fsp3) is 0.600. The molecule has 0 saturated heterocycles. The largest absolute Gasteiger partial charge is 0.349 e. The first-order valence-corrected chi connectivity index (χ1v) is 5.06. The fourth-order valence-electron chi connectivity index (χ4n) is 1.07. The number of aromatic amines is 1. The zero-order chi connectivity index (χ0) is 11.4. The number of carbonyl (C=O) groups excluding carboxylic acids is 1. The van der Waals surface area contributed by atoms with Crippen molar-refractivity contribution in [1.82, 2.24) is 15.5 Å². The molecule has 1 heterocycles. The lowest BCUT2D eigenvalue weighted by molar-refractivity contribution is 0.0944. The summed E-state index contributed by atoms with van der Waals surface area (Å²) in [7, 11) is 0. The highest BCUT2D eigenvalue weighted by atomic mass is 16.1. The van der Waals surface area contributed by atoms with E-state index in [1.54, 1.807) is 6.07 Å². The third-order valence-corrected chi connectivity index (χ3v) is 2.29. The van der Waals surface area contributed by atoms with Gasteiger partial charge in [0.25, 0.3) is 5.91 Å². The number of hydrogen-bond acceptors (Lipinski definition) is 3. The van der Waals surface area contributed by atoms with Gasteiger partial charge in [-0.15, -0.1) is 0 Å². The summed E-state index contributed by atoms with van der Waals surface area (Å²) in [5.74, 6) is 0.168. The highest BCUT2D eigenvalue weighted by Gasteiger charge is 2.12. The van der Waals surface area contributed by atoms with Crippen molar-refractivity contribution in [2.24, 2.45) is 11.7 Å². The van der Waals surface area contributed by atoms with Crippen LogP contribution in [0.25, 0.3) is 0 Å². The number of aryl methyl sites for hydroxylation is 1. The van der Waals surface area contributed by atoms with Crippen LogP contribution in [-0.2, 0) is 0 Å². The first kappa shape index (κ1) is 11.7. The minimum absolute atomic E-state index is 0.0195. The molecule has 4 N–H and O–H groups in total. The van der Waals surface area contributed by atoms with E-state index in [4.69, 9.17) is 5.73 Å². The van der Waals surface area contributed by atoms with E-state index in [1.807, 2.05) is 20.8 Å². The Morgan fingerprint density at radius 2 is 2.33 bits per heavy atom. The number of amides is 1. The molecular weight excluding hydrogens is 192 g/mol. The molecule has 1 atom stereocenters. The van der Waals surface area contributed by atoms with Gasteiger partial charge in [-0.2, -0.15) is 5.10 Å². The van der Waals surface area contributed by atoms with Gasteiger partial charge in [-0.05, 0) is 18.9 Å². The molecule has 0 spiro atoms. The Morgan fingerprint density at radius 3 is 2.80 bits per heavy atom. The number of nitrogens with two attached hydrogens (primary N) is 1. The maximum atomic E-state index is 11.5. The molecule has 0 aliphatic carbocycles. The molecule has 15 heavy (non-hydrogen) atoms. The molecule has 0 aliphatic heterocycles. The molecule has 0 aliphatic rings. The van der Waals surface area contributed by atoms with Gasteiger partial charge < -0.3 is 11.1 Å². The molecule has 0 radical (unpaired) electrons. The van der Waals surface area contributed by atoms with E-state index in [9.17, 15) is 4.79 Å². The van der Waals surface area contributed by atoms with Crippen LogP contribution in [0.5, 0.6) is 0 Å². The third-order valence-electron chi connectivity index (χ3n) is 2.29. The Bertz CT molecular complexity index is 332. The van der Waals surface area contributed by atoms with Crippen LogP contribution in [0.1, 0.15) is 30.0 Å². The number of H-pyrrole nitrogens is 1. The standard InChI is InChI=1S/C10H18N4O/c1-6(2)8(11)5-12-10(15)9-4-7(3)13-14-9/h4,6,8H,5,11H2,1-3H3,(H,12,15)(H,13,14). The SMILES string of the molecule is Cc1cc(C(=O)NCC(N)C(C)C)n[nH]1. The molecule has 5 heteroatoms. The zero-order valence-electron chi connectivity index (χ0n) is 9.37. The Kier molecular flexibility index (Phi) is 3.85. The number of rotatable bonds is 4. The summed E-state index contributed by atoms with van der Waals surface area (Å²) in [6, 6.07) is 1.69. The van der Waals surface area contributed by atoms with Crippen molar-refractivity contribution in [3.63, 3.8) is 0 Å². The van der Waals surface area contributed by atoms with Crippen LogP contribution in [0.15, 0.2) is 6.07 Å². The van der Waals surface area contributed by atoms with Crippen LogP contribution in [0.3, 0.4) is 0 Å². The molecule has 0 saturated carbocycles. The van der Waals surface area contributed by atoms with E-state index in [-0.39, 0.29) is 11.9 Å². The van der Waals surface area contributed by atoms with Gasteiger partial charge in [0.15, 0.2) is 0 Å². The van der Waals surface area contributed by atoms with Gasteiger partial charge >= 0.3 is 0 Å². The maximum Gasteiger partial charge on any atom is 0.271 e. The summed E-state index contributed by atoms with van der Waals surface area (Å²) in [6.45, 7) is 6.37. The van der Waals surface area contributed by atoms with Gasteiger partial charge in [0, 0.05) is 18.3 Å². The van der Waals surface area contributed by atoms with Crippen molar-refractivity contribution in [1.29, 1.82) is 0 Å². The fourth-order valence-corrected chi connectivity index (χ4v) is 1.07. The highest BCUT2D eigenvalue weighted by Crippen LogP contribution is 1.99. The Balaban J connectivity index is 2.43. The molecule has 1 aromatic heterocycles. The lowest BCUT2D eigenvalue weighted by atomic mass is 10.1. The van der Waals surface area contributed by atoms with Gasteiger partial charge in [0.1, 0.15) is 5.69 Å². The smallest absolute Gasteiger partial charge is 0.271 e. The second-order valence-corrected chi connectivity index (χ2v) is 4.05. The van der Waals surface area contributed by atoms with Crippen molar-refractivity contribution in [2.45, 2.75) is 26.8 Å². The van der Waals surface area contributed by atoms with Crippen molar-refractivity contribution in [3.05, 3.63) is 17.5 Å². The number of nitrogens with zero attached hydrogens (tertiary/aromatic N) is 1. The molecule has 1 rings (SSSR count). The predicted molar refractivity (Wildman–Crippen MR) is 58.5 cm³/mol. The second kappa shape index (κ2) is 4.93. The van der Waals surface area contributed by atoms with Gasteiger partial charge in [-0.3, -0.25) is 9.89 Å². The summed E-state index contributed by atoms with van der Waals surface area (Å²) in [4.78, 5) is 11.5. The van der Waals surface area contributed by atoms with Gasteiger partial charge in [0.05, 0.1) is 0 Å². The van der Waals surface area contributed by atoms with E-state index >= 15 is 0 Å². The lowest BCUT2D eigenvalue weighted by Gasteiger charge is -2.15. The minimum atomic E-state index is -0.185. The second-order valence-electron chi connectivity index (χ2n) is 4.05. The van der Waals surface area contributed by atoms with Crippen LogP contribution in [0.2, 0.25) is 0 Å². The molecule has 1 aromatic rings. The first-order valence-electron chi connectivity index (χ1n) is 5.06. The summed E-state index contributed by atoms with van der Waals surface area (Å²) in [6.07, 6.45) is 0. The minimum Gasteiger partial charge on any atom is -0.349 e. The number of carbonyl (C=O) groups is 1. The Hall–Kier alpha value is -1.36. The summed E-state index contributed by atoms with van der Waals surface area (Å²) < 4.78 is 0. The highest BCUT2D eigenvalue weighted by molar-refractivity contribution is 5.92. The molecule has 84 valence electrons. The molecular formula is C10H18N4O. The summed E-state index contributed by atoms with van der Waals surface area (Å²) >= 11 is 0. The average molecular weight is 210 g/mol. The topological polar surface area (TPSA) is 83.8 Å². The Labute approximate surface area is 89.4 Å². The molecule has 0 bridgehead atoms. The van der Waals surface area contributed by atoms with Gasteiger partial charge in [-0.1, -0.05) is 13.8 Å². The van der Waals surface area contributed by atoms with Crippen LogP contribution in [0, 0.1) is 12.8 Å². The quantitative estimate of drug-likeness (QED) is 0.674. The van der Waals surface area contributed by atoms with Crippen molar-refractivity contribution in [3.8, 4) is 0 Å². The molecule has 5 nitrogen and oxygen atoms in total. The van der Waals surface area contributed by atoms with Crippen LogP contribution in [0.4, 0.5) is 0 Å². The molecule has 1 unspecified atom stereocenters. The van der Waals surface area contributed by atoms with E-state index in [0.29, 0.717) is 18.2 Å². The van der Waals surface area contributed by atoms with E-state index in [1.165, 1.54) is 0 Å².